The standard InChI is InChI=1S/C15H19NO2/c1-11-8-9-14(18-2)13(10-11)16-15(17)12-6-4-3-5-7-12/h3-4,8-10,12H,5-7H2,1-2H3,(H,16,17). The van der Waals surface area contributed by atoms with Crippen molar-refractivity contribution < 1.29 is 9.53 Å². The van der Waals surface area contributed by atoms with Crippen LogP contribution in [-0.4, -0.2) is 13.0 Å². The zero-order chi connectivity index (χ0) is 13.0. The Labute approximate surface area is 108 Å². The predicted molar refractivity (Wildman–Crippen MR) is 72.8 cm³/mol. The molecule has 0 aromatic heterocycles. The van der Waals surface area contributed by atoms with E-state index in [0.29, 0.717) is 5.75 Å². The smallest absolute Gasteiger partial charge is 0.227 e. The Hall–Kier alpha value is -1.77. The number of ether oxygens (including phenoxy) is 1. The highest BCUT2D eigenvalue weighted by Gasteiger charge is 2.19. The van der Waals surface area contributed by atoms with E-state index >= 15 is 0 Å². The normalized spacial score (nSPS) is 18.4. The van der Waals surface area contributed by atoms with Gasteiger partial charge in [0.25, 0.3) is 0 Å². The van der Waals surface area contributed by atoms with Crippen LogP contribution in [0, 0.1) is 12.8 Å². The van der Waals surface area contributed by atoms with Gasteiger partial charge in [-0.3, -0.25) is 4.79 Å². The van der Waals surface area contributed by atoms with Crippen LogP contribution in [0.3, 0.4) is 0 Å². The summed E-state index contributed by atoms with van der Waals surface area (Å²) in [7, 11) is 1.61. The first-order chi connectivity index (χ1) is 8.70. The number of aryl methyl sites for hydroxylation is 1. The highest BCUT2D eigenvalue weighted by molar-refractivity contribution is 5.94. The van der Waals surface area contributed by atoms with Crippen LogP contribution in [0.4, 0.5) is 5.69 Å². The third-order valence-electron chi connectivity index (χ3n) is 3.25. The van der Waals surface area contributed by atoms with Gasteiger partial charge < -0.3 is 10.1 Å². The zero-order valence-electron chi connectivity index (χ0n) is 10.9. The van der Waals surface area contributed by atoms with Crippen molar-refractivity contribution >= 4 is 11.6 Å². The fourth-order valence-corrected chi connectivity index (χ4v) is 2.19. The number of nitrogens with one attached hydrogen (secondary N) is 1. The molecule has 1 aliphatic carbocycles. The Morgan fingerprint density at radius 2 is 2.22 bits per heavy atom. The third-order valence-corrected chi connectivity index (χ3v) is 3.25. The fourth-order valence-electron chi connectivity index (χ4n) is 2.19. The average molecular weight is 245 g/mol. The summed E-state index contributed by atoms with van der Waals surface area (Å²) in [6.07, 6.45) is 6.97. The van der Waals surface area contributed by atoms with E-state index in [1.165, 1.54) is 0 Å². The van der Waals surface area contributed by atoms with Crippen molar-refractivity contribution in [3.05, 3.63) is 35.9 Å². The molecule has 0 fully saturated rings. The monoisotopic (exact) mass is 245 g/mol. The highest BCUT2D eigenvalue weighted by Crippen LogP contribution is 2.27. The number of methoxy groups -OCH3 is 1. The van der Waals surface area contributed by atoms with Crippen molar-refractivity contribution in [2.75, 3.05) is 12.4 Å². The van der Waals surface area contributed by atoms with Crippen molar-refractivity contribution in [3.63, 3.8) is 0 Å². The van der Waals surface area contributed by atoms with Gasteiger partial charge in [0.2, 0.25) is 5.91 Å². The molecule has 1 unspecified atom stereocenters. The Morgan fingerprint density at radius 1 is 1.39 bits per heavy atom. The Balaban J connectivity index is 2.10. The summed E-state index contributed by atoms with van der Waals surface area (Å²) in [5.74, 6) is 0.878. The Morgan fingerprint density at radius 3 is 2.89 bits per heavy atom. The molecule has 0 saturated heterocycles. The highest BCUT2D eigenvalue weighted by atomic mass is 16.5. The maximum Gasteiger partial charge on any atom is 0.227 e. The summed E-state index contributed by atoms with van der Waals surface area (Å²) in [5, 5.41) is 2.97. The second kappa shape index (κ2) is 5.71. The number of carbonyl (C=O) groups is 1. The summed E-state index contributed by atoms with van der Waals surface area (Å²) in [5.41, 5.74) is 1.87. The lowest BCUT2D eigenvalue weighted by Crippen LogP contribution is -2.23. The van der Waals surface area contributed by atoms with Gasteiger partial charge in [0, 0.05) is 5.92 Å². The number of rotatable bonds is 3. The molecule has 18 heavy (non-hydrogen) atoms. The van der Waals surface area contributed by atoms with Gasteiger partial charge in [-0.25, -0.2) is 0 Å². The van der Waals surface area contributed by atoms with Crippen LogP contribution in [-0.2, 0) is 4.79 Å². The number of anilines is 1. The lowest BCUT2D eigenvalue weighted by atomic mass is 9.93. The van der Waals surface area contributed by atoms with E-state index in [1.54, 1.807) is 7.11 Å². The maximum absolute atomic E-state index is 12.1. The lowest BCUT2D eigenvalue weighted by Gasteiger charge is -2.18. The molecule has 0 heterocycles. The van der Waals surface area contributed by atoms with Gasteiger partial charge in [-0.05, 0) is 43.9 Å². The van der Waals surface area contributed by atoms with Crippen molar-refractivity contribution in [1.82, 2.24) is 0 Å². The fraction of sp³-hybridized carbons (Fsp3) is 0.400. The Bertz CT molecular complexity index is 466. The van der Waals surface area contributed by atoms with E-state index in [1.807, 2.05) is 25.1 Å². The van der Waals surface area contributed by atoms with Gasteiger partial charge in [0.1, 0.15) is 5.75 Å². The molecule has 1 atom stereocenters. The number of benzene rings is 1. The molecule has 1 aliphatic rings. The summed E-state index contributed by atoms with van der Waals surface area (Å²) < 4.78 is 5.26. The van der Waals surface area contributed by atoms with Crippen LogP contribution in [0.15, 0.2) is 30.4 Å². The van der Waals surface area contributed by atoms with E-state index in [9.17, 15) is 4.79 Å². The molecular formula is C15H19NO2. The van der Waals surface area contributed by atoms with Crippen LogP contribution in [0.1, 0.15) is 24.8 Å². The quantitative estimate of drug-likeness (QED) is 0.830. The molecule has 1 aromatic rings. The SMILES string of the molecule is COc1ccc(C)cc1NC(=O)C1CC=CCC1. The summed E-state index contributed by atoms with van der Waals surface area (Å²) in [4.78, 5) is 12.1. The molecule has 1 N–H and O–H groups in total. The summed E-state index contributed by atoms with van der Waals surface area (Å²) in [6.45, 7) is 2.00. The molecule has 1 aromatic carbocycles. The topological polar surface area (TPSA) is 38.3 Å². The predicted octanol–water partition coefficient (Wildman–Crippen LogP) is 3.30. The minimum absolute atomic E-state index is 0.0835. The van der Waals surface area contributed by atoms with Gasteiger partial charge in [0.15, 0.2) is 0 Å². The molecular weight excluding hydrogens is 226 g/mol. The van der Waals surface area contributed by atoms with Crippen molar-refractivity contribution in [1.29, 1.82) is 0 Å². The molecule has 0 bridgehead atoms. The number of amides is 1. The minimum atomic E-state index is 0.0835. The summed E-state index contributed by atoms with van der Waals surface area (Å²) in [6, 6.07) is 5.79. The van der Waals surface area contributed by atoms with E-state index in [2.05, 4.69) is 17.5 Å². The molecule has 96 valence electrons. The van der Waals surface area contributed by atoms with Gasteiger partial charge >= 0.3 is 0 Å². The molecule has 1 amide bonds. The molecule has 0 spiro atoms. The van der Waals surface area contributed by atoms with Crippen LogP contribution in [0.25, 0.3) is 0 Å². The Kier molecular flexibility index (Phi) is 4.03. The molecule has 0 saturated carbocycles. The lowest BCUT2D eigenvalue weighted by molar-refractivity contribution is -0.120. The van der Waals surface area contributed by atoms with Gasteiger partial charge in [-0.1, -0.05) is 18.2 Å². The third kappa shape index (κ3) is 2.92. The second-order valence-electron chi connectivity index (χ2n) is 4.67. The summed E-state index contributed by atoms with van der Waals surface area (Å²) >= 11 is 0. The molecule has 3 heteroatoms. The van der Waals surface area contributed by atoms with Crippen LogP contribution < -0.4 is 10.1 Å². The largest absolute Gasteiger partial charge is 0.495 e. The van der Waals surface area contributed by atoms with Crippen molar-refractivity contribution in [3.8, 4) is 5.75 Å². The first-order valence-electron chi connectivity index (χ1n) is 6.31. The average Bonchev–Trinajstić information content (AvgIpc) is 2.40. The minimum Gasteiger partial charge on any atom is -0.495 e. The second-order valence-corrected chi connectivity index (χ2v) is 4.67. The zero-order valence-corrected chi connectivity index (χ0v) is 10.9. The first kappa shape index (κ1) is 12.7. The number of hydrogen-bond acceptors (Lipinski definition) is 2. The van der Waals surface area contributed by atoms with E-state index in [-0.39, 0.29) is 11.8 Å². The van der Waals surface area contributed by atoms with Crippen LogP contribution >= 0.6 is 0 Å². The number of allylic oxidation sites excluding steroid dienone is 2. The van der Waals surface area contributed by atoms with E-state index < -0.39 is 0 Å². The molecule has 0 aliphatic heterocycles. The van der Waals surface area contributed by atoms with E-state index in [0.717, 1.165) is 30.5 Å². The van der Waals surface area contributed by atoms with Gasteiger partial charge in [0.05, 0.1) is 12.8 Å². The molecule has 2 rings (SSSR count). The van der Waals surface area contributed by atoms with Crippen molar-refractivity contribution in [2.24, 2.45) is 5.92 Å². The first-order valence-corrected chi connectivity index (χ1v) is 6.31. The van der Waals surface area contributed by atoms with Gasteiger partial charge in [-0.15, -0.1) is 0 Å². The maximum atomic E-state index is 12.1. The van der Waals surface area contributed by atoms with Crippen LogP contribution in [0.5, 0.6) is 5.75 Å². The van der Waals surface area contributed by atoms with Gasteiger partial charge in [-0.2, -0.15) is 0 Å². The van der Waals surface area contributed by atoms with Crippen molar-refractivity contribution in [2.45, 2.75) is 26.2 Å². The number of carbonyl (C=O) groups excluding carboxylic acids is 1. The number of hydrogen-bond donors (Lipinski definition) is 1. The van der Waals surface area contributed by atoms with E-state index in [4.69, 9.17) is 4.74 Å². The molecule has 3 nitrogen and oxygen atoms in total. The van der Waals surface area contributed by atoms with Crippen LogP contribution in [0.2, 0.25) is 0 Å². The molecule has 0 radical (unpaired) electrons.